The van der Waals surface area contributed by atoms with Gasteiger partial charge in [0.2, 0.25) is 0 Å². The van der Waals surface area contributed by atoms with Gasteiger partial charge in [0, 0.05) is 0 Å². The van der Waals surface area contributed by atoms with Gasteiger partial charge in [0.25, 0.3) is 0 Å². The summed E-state index contributed by atoms with van der Waals surface area (Å²) in [5.41, 5.74) is 0.277. The van der Waals surface area contributed by atoms with Crippen LogP contribution in [0.1, 0.15) is 18.1 Å². The molecule has 0 atom stereocenters. The minimum Gasteiger partial charge on any atom is -0.473 e. The number of hydrogen-bond acceptors (Lipinski definition) is 3. The molecule has 0 fully saturated rings. The van der Waals surface area contributed by atoms with Crippen LogP contribution in [0.25, 0.3) is 0 Å². The van der Waals surface area contributed by atoms with Gasteiger partial charge >= 0.3 is 11.9 Å². The maximum atomic E-state index is 11.5. The van der Waals surface area contributed by atoms with Gasteiger partial charge in [0.05, 0.1) is 0 Å². The molecule has 20 heavy (non-hydrogen) atoms. The molecule has 0 spiro atoms. The first-order chi connectivity index (χ1) is 9.54. The molecule has 2 aromatic carbocycles. The van der Waals surface area contributed by atoms with E-state index in [4.69, 9.17) is 9.84 Å². The highest BCUT2D eigenvalue weighted by Crippen LogP contribution is 2.33. The van der Waals surface area contributed by atoms with Crippen LogP contribution in [0.5, 0.6) is 0 Å². The van der Waals surface area contributed by atoms with E-state index in [1.165, 1.54) is 0 Å². The van der Waals surface area contributed by atoms with Crippen molar-refractivity contribution >= 4 is 11.9 Å². The van der Waals surface area contributed by atoms with Crippen molar-refractivity contribution < 1.29 is 19.4 Å². The monoisotopic (exact) mass is 270 g/mol. The predicted molar refractivity (Wildman–Crippen MR) is 73.1 cm³/mol. The van der Waals surface area contributed by atoms with Crippen LogP contribution < -0.4 is 0 Å². The molecule has 0 radical (unpaired) electrons. The van der Waals surface area contributed by atoms with E-state index < -0.39 is 17.5 Å². The molecule has 4 heteroatoms. The minimum absolute atomic E-state index is 0.709. The highest BCUT2D eigenvalue weighted by atomic mass is 16.6. The molecular weight excluding hydrogens is 256 g/mol. The maximum Gasteiger partial charge on any atom is 0.418 e. The summed E-state index contributed by atoms with van der Waals surface area (Å²) < 4.78 is 5.23. The largest absolute Gasteiger partial charge is 0.473 e. The topological polar surface area (TPSA) is 63.6 Å². The summed E-state index contributed by atoms with van der Waals surface area (Å²) in [4.78, 5) is 22.2. The average molecular weight is 270 g/mol. The molecule has 0 bridgehead atoms. The zero-order valence-corrected chi connectivity index (χ0v) is 10.9. The van der Waals surface area contributed by atoms with E-state index in [1.807, 2.05) is 36.4 Å². The first-order valence-corrected chi connectivity index (χ1v) is 6.11. The standard InChI is InChI=1S/C16H14O4/c1-16(20-15(19)14(17)18,12-8-4-2-5-9-12)13-10-6-3-7-11-13/h2-11H,1H3,(H,17,18). The molecule has 0 aliphatic heterocycles. The highest BCUT2D eigenvalue weighted by molar-refractivity contribution is 6.28. The highest BCUT2D eigenvalue weighted by Gasteiger charge is 2.35. The Balaban J connectivity index is 2.49. The molecule has 0 saturated heterocycles. The Labute approximate surface area is 116 Å². The second-order valence-electron chi connectivity index (χ2n) is 4.46. The normalized spacial score (nSPS) is 10.8. The van der Waals surface area contributed by atoms with E-state index in [0.29, 0.717) is 11.1 Å². The predicted octanol–water partition coefficient (Wildman–Crippen LogP) is 2.58. The van der Waals surface area contributed by atoms with E-state index in [9.17, 15) is 9.59 Å². The van der Waals surface area contributed by atoms with Crippen molar-refractivity contribution in [2.45, 2.75) is 12.5 Å². The summed E-state index contributed by atoms with van der Waals surface area (Å²) in [7, 11) is 0. The average Bonchev–Trinajstić information content (AvgIpc) is 2.48. The summed E-state index contributed by atoms with van der Waals surface area (Å²) in [5.74, 6) is -2.89. The van der Waals surface area contributed by atoms with E-state index >= 15 is 0 Å². The number of carbonyl (C=O) groups is 2. The van der Waals surface area contributed by atoms with Crippen LogP contribution in [0.4, 0.5) is 0 Å². The van der Waals surface area contributed by atoms with Gasteiger partial charge in [-0.25, -0.2) is 9.59 Å². The molecule has 0 heterocycles. The van der Waals surface area contributed by atoms with E-state index in [2.05, 4.69) is 0 Å². The van der Waals surface area contributed by atoms with Crippen molar-refractivity contribution in [1.82, 2.24) is 0 Å². The Morgan fingerprint density at radius 2 is 1.30 bits per heavy atom. The van der Waals surface area contributed by atoms with Crippen LogP contribution in [0, 0.1) is 0 Å². The van der Waals surface area contributed by atoms with Crippen molar-refractivity contribution in [3.8, 4) is 0 Å². The van der Waals surface area contributed by atoms with Crippen LogP contribution in [0.2, 0.25) is 0 Å². The molecule has 102 valence electrons. The Bertz CT molecular complexity index is 565. The first kappa shape index (κ1) is 13.8. The van der Waals surface area contributed by atoms with E-state index in [1.54, 1.807) is 31.2 Å². The zero-order chi connectivity index (χ0) is 14.6. The molecule has 0 aliphatic rings. The fourth-order valence-corrected chi connectivity index (χ4v) is 2.03. The molecule has 0 amide bonds. The lowest BCUT2D eigenvalue weighted by molar-refractivity contribution is -0.171. The Hall–Kier alpha value is -2.62. The van der Waals surface area contributed by atoms with E-state index in [-0.39, 0.29) is 0 Å². The number of hydrogen-bond donors (Lipinski definition) is 1. The second kappa shape index (κ2) is 5.57. The third-order valence-corrected chi connectivity index (χ3v) is 3.12. The number of carbonyl (C=O) groups excluding carboxylic acids is 1. The van der Waals surface area contributed by atoms with Gasteiger partial charge in [0.15, 0.2) is 5.60 Å². The number of esters is 1. The summed E-state index contributed by atoms with van der Waals surface area (Å²) in [6, 6.07) is 18.1. The van der Waals surface area contributed by atoms with Gasteiger partial charge in [-0.3, -0.25) is 0 Å². The molecule has 2 aromatic rings. The fourth-order valence-electron chi connectivity index (χ4n) is 2.03. The first-order valence-electron chi connectivity index (χ1n) is 6.11. The van der Waals surface area contributed by atoms with Gasteiger partial charge in [0.1, 0.15) is 0 Å². The van der Waals surface area contributed by atoms with Gasteiger partial charge in [-0.1, -0.05) is 60.7 Å². The van der Waals surface area contributed by atoms with E-state index in [0.717, 1.165) is 0 Å². The summed E-state index contributed by atoms with van der Waals surface area (Å²) in [5, 5.41) is 8.76. The number of carboxylic acid groups (broad SMARTS) is 1. The molecule has 1 N–H and O–H groups in total. The third-order valence-electron chi connectivity index (χ3n) is 3.12. The lowest BCUT2D eigenvalue weighted by Gasteiger charge is -2.30. The van der Waals surface area contributed by atoms with Gasteiger partial charge in [-0.2, -0.15) is 0 Å². The fraction of sp³-hybridized carbons (Fsp3) is 0.125. The minimum atomic E-state index is -1.61. The molecule has 4 nitrogen and oxygen atoms in total. The van der Waals surface area contributed by atoms with Gasteiger partial charge in [-0.05, 0) is 18.1 Å². The van der Waals surface area contributed by atoms with Crippen molar-refractivity contribution in [2.24, 2.45) is 0 Å². The van der Waals surface area contributed by atoms with Crippen molar-refractivity contribution in [1.29, 1.82) is 0 Å². The van der Waals surface area contributed by atoms with Crippen LogP contribution >= 0.6 is 0 Å². The lowest BCUT2D eigenvalue weighted by Crippen LogP contribution is -2.33. The van der Waals surface area contributed by atoms with Crippen molar-refractivity contribution in [3.05, 3.63) is 71.8 Å². The molecule has 0 unspecified atom stereocenters. The van der Waals surface area contributed by atoms with Crippen LogP contribution in [-0.4, -0.2) is 17.0 Å². The quantitative estimate of drug-likeness (QED) is 0.687. The van der Waals surface area contributed by atoms with Gasteiger partial charge < -0.3 is 9.84 Å². The number of ether oxygens (including phenoxy) is 1. The van der Waals surface area contributed by atoms with Crippen LogP contribution in [0.3, 0.4) is 0 Å². The SMILES string of the molecule is CC(OC(=O)C(=O)O)(c1ccccc1)c1ccccc1. The smallest absolute Gasteiger partial charge is 0.418 e. The van der Waals surface area contributed by atoms with Crippen LogP contribution in [-0.2, 0) is 19.9 Å². The van der Waals surface area contributed by atoms with Crippen LogP contribution in [0.15, 0.2) is 60.7 Å². The summed E-state index contributed by atoms with van der Waals surface area (Å²) in [6.07, 6.45) is 0. The van der Waals surface area contributed by atoms with Crippen molar-refractivity contribution in [3.63, 3.8) is 0 Å². The third kappa shape index (κ3) is 2.69. The Kier molecular flexibility index (Phi) is 3.84. The molecule has 0 aromatic heterocycles. The molecule has 2 rings (SSSR count). The molecule has 0 aliphatic carbocycles. The Morgan fingerprint density at radius 1 is 0.900 bits per heavy atom. The number of aliphatic carboxylic acids is 1. The van der Waals surface area contributed by atoms with Gasteiger partial charge in [-0.15, -0.1) is 0 Å². The maximum absolute atomic E-state index is 11.5. The number of rotatable bonds is 3. The molecular formula is C16H14O4. The lowest BCUT2D eigenvalue weighted by atomic mass is 9.88. The number of carboxylic acids is 1. The number of benzene rings is 2. The Morgan fingerprint density at radius 3 is 1.65 bits per heavy atom. The zero-order valence-electron chi connectivity index (χ0n) is 10.9. The summed E-state index contributed by atoms with van der Waals surface area (Å²) in [6.45, 7) is 1.68. The molecule has 0 saturated carbocycles. The second-order valence-corrected chi connectivity index (χ2v) is 4.46. The van der Waals surface area contributed by atoms with Crippen molar-refractivity contribution in [2.75, 3.05) is 0 Å². The summed E-state index contributed by atoms with van der Waals surface area (Å²) >= 11 is 0.